The van der Waals surface area contributed by atoms with Crippen LogP contribution in [0.5, 0.6) is 0 Å². The Hall–Kier alpha value is -2.74. The summed E-state index contributed by atoms with van der Waals surface area (Å²) >= 11 is 6.35. The smallest absolute Gasteiger partial charge is 0.261 e. The number of anilines is 2. The highest BCUT2D eigenvalue weighted by atomic mass is 35.5. The lowest BCUT2D eigenvalue weighted by atomic mass is 10.1. The first kappa shape index (κ1) is 21.0. The molecule has 1 aromatic carbocycles. The number of aromatic nitrogens is 4. The number of benzene rings is 1. The first-order chi connectivity index (χ1) is 13.7. The van der Waals surface area contributed by atoms with Gasteiger partial charge in [-0.15, -0.1) is 12.4 Å². The quantitative estimate of drug-likeness (QED) is 0.459. The average Bonchev–Trinajstić information content (AvgIpc) is 3.16. The first-order valence-electron chi connectivity index (χ1n) is 8.75. The lowest BCUT2D eigenvalue weighted by Gasteiger charge is -2.13. The number of rotatable bonds is 6. The van der Waals surface area contributed by atoms with Crippen molar-refractivity contribution in [3.05, 3.63) is 59.1 Å². The summed E-state index contributed by atoms with van der Waals surface area (Å²) in [6.07, 6.45) is 2.25. The molecule has 0 spiro atoms. The molecule has 0 atom stereocenters. The topological polar surface area (TPSA) is 86.0 Å². The molecule has 0 unspecified atom stereocenters. The van der Waals surface area contributed by atoms with Crippen molar-refractivity contribution in [3.63, 3.8) is 0 Å². The Labute approximate surface area is 178 Å². The molecule has 0 aliphatic rings. The molecule has 3 aromatic heterocycles. The molecule has 1 N–H and O–H groups in total. The van der Waals surface area contributed by atoms with Crippen LogP contribution in [0.1, 0.15) is 11.5 Å². The summed E-state index contributed by atoms with van der Waals surface area (Å²) in [7, 11) is 1.63. The number of pyridine rings is 2. The zero-order chi connectivity index (χ0) is 19.5. The van der Waals surface area contributed by atoms with Crippen LogP contribution in [0.25, 0.3) is 22.5 Å². The molecule has 4 aromatic rings. The van der Waals surface area contributed by atoms with Crippen molar-refractivity contribution in [3.8, 4) is 11.5 Å². The molecule has 29 heavy (non-hydrogen) atoms. The summed E-state index contributed by atoms with van der Waals surface area (Å²) in [5.41, 5.74) is 3.70. The van der Waals surface area contributed by atoms with Gasteiger partial charge in [0.25, 0.3) is 5.89 Å². The van der Waals surface area contributed by atoms with Gasteiger partial charge < -0.3 is 14.6 Å². The van der Waals surface area contributed by atoms with E-state index in [0.717, 1.165) is 22.5 Å². The zero-order valence-electron chi connectivity index (χ0n) is 15.8. The molecule has 9 heteroatoms. The first-order valence-corrected chi connectivity index (χ1v) is 9.13. The number of ether oxygens (including phenoxy) is 1. The summed E-state index contributed by atoms with van der Waals surface area (Å²) in [5, 5.41) is 8.85. The molecular weight excluding hydrogens is 413 g/mol. The molecule has 0 fully saturated rings. The Morgan fingerprint density at radius 1 is 1.14 bits per heavy atom. The van der Waals surface area contributed by atoms with Gasteiger partial charge in [0.15, 0.2) is 11.5 Å². The van der Waals surface area contributed by atoms with Gasteiger partial charge in [0.05, 0.1) is 28.6 Å². The van der Waals surface area contributed by atoms with Crippen molar-refractivity contribution in [2.24, 2.45) is 0 Å². The number of hydrogen-bond acceptors (Lipinski definition) is 7. The summed E-state index contributed by atoms with van der Waals surface area (Å²) in [6, 6.07) is 11.4. The molecule has 0 saturated heterocycles. The van der Waals surface area contributed by atoms with Crippen LogP contribution in [-0.2, 0) is 11.2 Å². The van der Waals surface area contributed by atoms with Gasteiger partial charge in [-0.25, -0.2) is 9.97 Å². The van der Waals surface area contributed by atoms with Crippen LogP contribution >= 0.6 is 24.0 Å². The zero-order valence-corrected chi connectivity index (χ0v) is 17.4. The molecule has 0 aliphatic heterocycles. The molecule has 0 radical (unpaired) electrons. The summed E-state index contributed by atoms with van der Waals surface area (Å²) < 4.78 is 10.6. The Morgan fingerprint density at radius 3 is 2.76 bits per heavy atom. The van der Waals surface area contributed by atoms with Crippen molar-refractivity contribution >= 4 is 46.4 Å². The molecule has 0 bridgehead atoms. The second-order valence-corrected chi connectivity index (χ2v) is 6.64. The van der Waals surface area contributed by atoms with Gasteiger partial charge >= 0.3 is 0 Å². The Balaban J connectivity index is 0.00000240. The van der Waals surface area contributed by atoms with Crippen LogP contribution in [0.4, 0.5) is 11.4 Å². The van der Waals surface area contributed by atoms with E-state index in [2.05, 4.69) is 25.4 Å². The van der Waals surface area contributed by atoms with E-state index in [1.165, 1.54) is 0 Å². The maximum Gasteiger partial charge on any atom is 0.261 e. The molecule has 0 amide bonds. The maximum atomic E-state index is 6.35. The average molecular weight is 432 g/mol. The van der Waals surface area contributed by atoms with E-state index >= 15 is 0 Å². The maximum absolute atomic E-state index is 6.35. The van der Waals surface area contributed by atoms with Crippen LogP contribution in [0.15, 0.2) is 47.1 Å². The summed E-state index contributed by atoms with van der Waals surface area (Å²) in [5.74, 6) is 0.943. The summed E-state index contributed by atoms with van der Waals surface area (Å²) in [4.78, 5) is 13.5. The third-order valence-electron chi connectivity index (χ3n) is 4.23. The van der Waals surface area contributed by atoms with Crippen molar-refractivity contribution < 1.29 is 9.26 Å². The Bertz CT molecular complexity index is 1130. The number of aryl methyl sites for hydroxylation is 1. The normalized spacial score (nSPS) is 10.7. The van der Waals surface area contributed by atoms with E-state index in [1.807, 2.05) is 43.3 Å². The van der Waals surface area contributed by atoms with E-state index in [1.54, 1.807) is 13.3 Å². The van der Waals surface area contributed by atoms with Gasteiger partial charge in [0.1, 0.15) is 0 Å². The predicted molar refractivity (Wildman–Crippen MR) is 115 cm³/mol. The van der Waals surface area contributed by atoms with Gasteiger partial charge in [0.2, 0.25) is 0 Å². The number of methoxy groups -OCH3 is 1. The van der Waals surface area contributed by atoms with Crippen molar-refractivity contribution in [2.75, 3.05) is 19.0 Å². The monoisotopic (exact) mass is 431 g/mol. The molecule has 0 aliphatic carbocycles. The highest BCUT2D eigenvalue weighted by Crippen LogP contribution is 2.36. The molecule has 4 rings (SSSR count). The molecule has 150 valence electrons. The Morgan fingerprint density at radius 2 is 1.97 bits per heavy atom. The fourth-order valence-electron chi connectivity index (χ4n) is 2.82. The van der Waals surface area contributed by atoms with Crippen LogP contribution in [0.2, 0.25) is 5.02 Å². The van der Waals surface area contributed by atoms with Crippen molar-refractivity contribution in [2.45, 2.75) is 13.3 Å². The number of fused-ring (bicyclic) bond motifs is 1. The molecule has 0 saturated carbocycles. The van der Waals surface area contributed by atoms with Crippen LogP contribution in [0, 0.1) is 6.92 Å². The SMILES string of the molecule is COCCc1noc(-c2cnc3nc(C)ccc3c2Nc2ccccc2Cl)n1.Cl. The minimum absolute atomic E-state index is 0. The van der Waals surface area contributed by atoms with Crippen LogP contribution < -0.4 is 5.32 Å². The number of halogens is 2. The third-order valence-corrected chi connectivity index (χ3v) is 4.56. The van der Waals surface area contributed by atoms with Gasteiger partial charge in [-0.3, -0.25) is 0 Å². The number of nitrogens with zero attached hydrogens (tertiary/aromatic N) is 4. The van der Waals surface area contributed by atoms with Gasteiger partial charge in [-0.05, 0) is 31.2 Å². The summed E-state index contributed by atoms with van der Waals surface area (Å²) in [6.45, 7) is 2.44. The van der Waals surface area contributed by atoms with Gasteiger partial charge in [0, 0.05) is 30.8 Å². The van der Waals surface area contributed by atoms with Crippen LogP contribution in [0.3, 0.4) is 0 Å². The fourth-order valence-corrected chi connectivity index (χ4v) is 3.01. The largest absolute Gasteiger partial charge is 0.384 e. The van der Waals surface area contributed by atoms with E-state index in [4.69, 9.17) is 20.9 Å². The number of hydrogen-bond donors (Lipinski definition) is 1. The lowest BCUT2D eigenvalue weighted by Crippen LogP contribution is -1.99. The molecular formula is C20H19Cl2N5O2. The van der Waals surface area contributed by atoms with Crippen molar-refractivity contribution in [1.29, 1.82) is 0 Å². The highest BCUT2D eigenvalue weighted by Gasteiger charge is 2.18. The number of nitrogens with one attached hydrogen (secondary N) is 1. The predicted octanol–water partition coefficient (Wildman–Crippen LogP) is 5.00. The molecule has 3 heterocycles. The standard InChI is InChI=1S/C20H18ClN5O2.ClH/c1-12-7-8-13-18(24-16-6-4-3-5-15(16)21)14(11-22-19(13)23-12)20-25-17(26-28-20)9-10-27-2;/h3-8,11H,9-10H2,1-2H3,(H,22,23,24);1H. The lowest BCUT2D eigenvalue weighted by molar-refractivity contribution is 0.199. The van der Waals surface area contributed by atoms with E-state index in [9.17, 15) is 0 Å². The van der Waals surface area contributed by atoms with E-state index in [-0.39, 0.29) is 12.4 Å². The van der Waals surface area contributed by atoms with Crippen LogP contribution in [-0.4, -0.2) is 33.8 Å². The fraction of sp³-hybridized carbons (Fsp3) is 0.200. The minimum atomic E-state index is 0. The second-order valence-electron chi connectivity index (χ2n) is 6.23. The molecule has 7 nitrogen and oxygen atoms in total. The van der Waals surface area contributed by atoms with E-state index in [0.29, 0.717) is 41.0 Å². The highest BCUT2D eigenvalue weighted by molar-refractivity contribution is 6.33. The second kappa shape index (κ2) is 9.17. The third kappa shape index (κ3) is 4.48. The minimum Gasteiger partial charge on any atom is -0.384 e. The Kier molecular flexibility index (Phi) is 6.64. The van der Waals surface area contributed by atoms with Gasteiger partial charge in [-0.1, -0.05) is 28.9 Å². The number of para-hydroxylation sites is 1. The van der Waals surface area contributed by atoms with E-state index < -0.39 is 0 Å². The van der Waals surface area contributed by atoms with Gasteiger partial charge in [-0.2, -0.15) is 4.98 Å². The van der Waals surface area contributed by atoms with Crippen molar-refractivity contribution in [1.82, 2.24) is 20.1 Å².